The quantitative estimate of drug-likeness (QED) is 0.867. The van der Waals surface area contributed by atoms with E-state index in [1.54, 1.807) is 18.5 Å². The van der Waals surface area contributed by atoms with Crippen molar-refractivity contribution in [3.63, 3.8) is 0 Å². The van der Waals surface area contributed by atoms with Gasteiger partial charge in [0.2, 0.25) is 0 Å². The van der Waals surface area contributed by atoms with Gasteiger partial charge in [0, 0.05) is 44.3 Å². The van der Waals surface area contributed by atoms with E-state index in [-0.39, 0.29) is 12.0 Å². The van der Waals surface area contributed by atoms with Gasteiger partial charge in [0.25, 0.3) is 5.91 Å². The number of pyridine rings is 1. The molecular formula is C19H23N3O2. The molecule has 1 aliphatic rings. The number of hydrogen-bond donors (Lipinski definition) is 0. The maximum atomic E-state index is 12.4. The second-order valence-corrected chi connectivity index (χ2v) is 6.18. The summed E-state index contributed by atoms with van der Waals surface area (Å²) in [6.45, 7) is 7.14. The fraction of sp³-hybridized carbons (Fsp3) is 0.368. The predicted octanol–water partition coefficient (Wildman–Crippen LogP) is 2.83. The zero-order valence-corrected chi connectivity index (χ0v) is 14.2. The Balaban J connectivity index is 1.58. The molecule has 1 aromatic heterocycles. The van der Waals surface area contributed by atoms with Crippen LogP contribution in [0.15, 0.2) is 48.8 Å². The summed E-state index contributed by atoms with van der Waals surface area (Å²) in [7, 11) is 0. The number of amides is 1. The number of piperazine rings is 1. The van der Waals surface area contributed by atoms with Gasteiger partial charge in [-0.05, 0) is 50.2 Å². The molecule has 126 valence electrons. The van der Waals surface area contributed by atoms with Crippen molar-refractivity contribution in [2.24, 2.45) is 0 Å². The molecule has 0 unspecified atom stereocenters. The van der Waals surface area contributed by atoms with E-state index in [0.717, 1.165) is 31.9 Å². The zero-order valence-electron chi connectivity index (χ0n) is 14.2. The maximum Gasteiger partial charge on any atom is 0.255 e. The second-order valence-electron chi connectivity index (χ2n) is 6.18. The molecule has 0 saturated carbocycles. The highest BCUT2D eigenvalue weighted by Gasteiger charge is 2.22. The van der Waals surface area contributed by atoms with Crippen LogP contribution in [0.4, 0.5) is 5.69 Å². The van der Waals surface area contributed by atoms with E-state index in [2.05, 4.69) is 22.0 Å². The Bertz CT molecular complexity index is 663. The van der Waals surface area contributed by atoms with Crippen molar-refractivity contribution in [3.05, 3.63) is 54.4 Å². The highest BCUT2D eigenvalue weighted by Crippen LogP contribution is 2.21. The van der Waals surface area contributed by atoms with Crippen LogP contribution in [-0.2, 0) is 0 Å². The lowest BCUT2D eigenvalue weighted by molar-refractivity contribution is 0.0746. The van der Waals surface area contributed by atoms with Gasteiger partial charge in [0.15, 0.2) is 0 Å². The van der Waals surface area contributed by atoms with E-state index in [9.17, 15) is 4.79 Å². The number of nitrogens with zero attached hydrogens (tertiary/aromatic N) is 3. The smallest absolute Gasteiger partial charge is 0.255 e. The largest absolute Gasteiger partial charge is 0.491 e. The lowest BCUT2D eigenvalue weighted by Gasteiger charge is -2.36. The topological polar surface area (TPSA) is 45.7 Å². The standard InChI is InChI=1S/C19H23N3O2/c1-15(2)24-18-7-5-17(6-8-18)21-10-12-22(13-11-21)19(23)16-4-3-9-20-14-16/h3-9,14-15H,10-13H2,1-2H3. The van der Waals surface area contributed by atoms with Gasteiger partial charge in [-0.15, -0.1) is 0 Å². The fourth-order valence-electron chi connectivity index (χ4n) is 2.85. The third kappa shape index (κ3) is 3.85. The molecule has 1 aliphatic heterocycles. The summed E-state index contributed by atoms with van der Waals surface area (Å²) < 4.78 is 5.68. The molecule has 1 saturated heterocycles. The van der Waals surface area contributed by atoms with Crippen LogP contribution < -0.4 is 9.64 Å². The SMILES string of the molecule is CC(C)Oc1ccc(N2CCN(C(=O)c3cccnc3)CC2)cc1. The van der Waals surface area contributed by atoms with Crippen LogP contribution >= 0.6 is 0 Å². The number of rotatable bonds is 4. The Morgan fingerprint density at radius 2 is 1.79 bits per heavy atom. The summed E-state index contributed by atoms with van der Waals surface area (Å²) in [4.78, 5) is 20.7. The van der Waals surface area contributed by atoms with Gasteiger partial charge in [0.05, 0.1) is 11.7 Å². The first-order chi connectivity index (χ1) is 11.6. The molecule has 1 fully saturated rings. The third-order valence-corrected chi connectivity index (χ3v) is 4.05. The number of anilines is 1. The second kappa shape index (κ2) is 7.34. The van der Waals surface area contributed by atoms with E-state index < -0.39 is 0 Å². The molecule has 24 heavy (non-hydrogen) atoms. The minimum Gasteiger partial charge on any atom is -0.491 e. The summed E-state index contributed by atoms with van der Waals surface area (Å²) in [6.07, 6.45) is 3.49. The molecule has 0 radical (unpaired) electrons. The molecule has 0 aliphatic carbocycles. The Hall–Kier alpha value is -2.56. The highest BCUT2D eigenvalue weighted by atomic mass is 16.5. The first kappa shape index (κ1) is 16.3. The van der Waals surface area contributed by atoms with Crippen molar-refractivity contribution in [2.75, 3.05) is 31.1 Å². The molecule has 1 amide bonds. The molecule has 2 aromatic rings. The predicted molar refractivity (Wildman–Crippen MR) is 94.6 cm³/mol. The number of ether oxygens (including phenoxy) is 1. The van der Waals surface area contributed by atoms with Gasteiger partial charge in [-0.25, -0.2) is 0 Å². The lowest BCUT2D eigenvalue weighted by Crippen LogP contribution is -2.48. The van der Waals surface area contributed by atoms with Crippen molar-refractivity contribution >= 4 is 11.6 Å². The summed E-state index contributed by atoms with van der Waals surface area (Å²) in [5.41, 5.74) is 1.82. The number of aromatic nitrogens is 1. The van der Waals surface area contributed by atoms with Gasteiger partial charge >= 0.3 is 0 Å². The van der Waals surface area contributed by atoms with Gasteiger partial charge in [-0.2, -0.15) is 0 Å². The summed E-state index contributed by atoms with van der Waals surface area (Å²) in [5.74, 6) is 0.947. The Morgan fingerprint density at radius 3 is 2.38 bits per heavy atom. The molecule has 0 bridgehead atoms. The number of carbonyl (C=O) groups excluding carboxylic acids is 1. The molecule has 0 atom stereocenters. The molecule has 5 heteroatoms. The minimum atomic E-state index is 0.0587. The fourth-order valence-corrected chi connectivity index (χ4v) is 2.85. The van der Waals surface area contributed by atoms with E-state index in [1.807, 2.05) is 36.9 Å². The number of benzene rings is 1. The van der Waals surface area contributed by atoms with Gasteiger partial charge < -0.3 is 14.5 Å². The van der Waals surface area contributed by atoms with E-state index >= 15 is 0 Å². The van der Waals surface area contributed by atoms with Crippen molar-refractivity contribution in [1.29, 1.82) is 0 Å². The van der Waals surface area contributed by atoms with E-state index in [4.69, 9.17) is 4.74 Å². The zero-order chi connectivity index (χ0) is 16.9. The lowest BCUT2D eigenvalue weighted by atomic mass is 10.2. The summed E-state index contributed by atoms with van der Waals surface area (Å²) in [6, 6.07) is 11.8. The Labute approximate surface area is 142 Å². The minimum absolute atomic E-state index is 0.0587. The average Bonchev–Trinajstić information content (AvgIpc) is 2.62. The van der Waals surface area contributed by atoms with Crippen molar-refractivity contribution < 1.29 is 9.53 Å². The molecule has 5 nitrogen and oxygen atoms in total. The van der Waals surface area contributed by atoms with Crippen LogP contribution in [0, 0.1) is 0 Å². The molecule has 0 N–H and O–H groups in total. The van der Waals surface area contributed by atoms with Gasteiger partial charge in [-0.3, -0.25) is 9.78 Å². The molecule has 2 heterocycles. The average molecular weight is 325 g/mol. The van der Waals surface area contributed by atoms with Crippen LogP contribution in [-0.4, -0.2) is 48.1 Å². The van der Waals surface area contributed by atoms with Crippen LogP contribution in [0.2, 0.25) is 0 Å². The van der Waals surface area contributed by atoms with Crippen LogP contribution in [0.25, 0.3) is 0 Å². The van der Waals surface area contributed by atoms with Crippen molar-refractivity contribution in [3.8, 4) is 5.75 Å². The summed E-state index contributed by atoms with van der Waals surface area (Å²) >= 11 is 0. The monoisotopic (exact) mass is 325 g/mol. The van der Waals surface area contributed by atoms with E-state index in [0.29, 0.717) is 5.56 Å². The van der Waals surface area contributed by atoms with Crippen molar-refractivity contribution in [2.45, 2.75) is 20.0 Å². The van der Waals surface area contributed by atoms with Gasteiger partial charge in [0.1, 0.15) is 5.75 Å². The summed E-state index contributed by atoms with van der Waals surface area (Å²) in [5, 5.41) is 0. The normalized spacial score (nSPS) is 14.8. The molecule has 3 rings (SSSR count). The molecular weight excluding hydrogens is 302 g/mol. The Kier molecular flexibility index (Phi) is 4.99. The van der Waals surface area contributed by atoms with Crippen LogP contribution in [0.3, 0.4) is 0 Å². The van der Waals surface area contributed by atoms with Crippen molar-refractivity contribution in [1.82, 2.24) is 9.88 Å². The molecule has 0 spiro atoms. The Morgan fingerprint density at radius 1 is 1.08 bits per heavy atom. The van der Waals surface area contributed by atoms with Crippen LogP contribution in [0.5, 0.6) is 5.75 Å². The van der Waals surface area contributed by atoms with Crippen LogP contribution in [0.1, 0.15) is 24.2 Å². The first-order valence-corrected chi connectivity index (χ1v) is 8.34. The number of carbonyl (C=O) groups is 1. The van der Waals surface area contributed by atoms with Gasteiger partial charge in [-0.1, -0.05) is 0 Å². The maximum absolute atomic E-state index is 12.4. The highest BCUT2D eigenvalue weighted by molar-refractivity contribution is 5.94. The number of hydrogen-bond acceptors (Lipinski definition) is 4. The van der Waals surface area contributed by atoms with E-state index in [1.165, 1.54) is 5.69 Å². The third-order valence-electron chi connectivity index (χ3n) is 4.05. The first-order valence-electron chi connectivity index (χ1n) is 8.34. The molecule has 1 aromatic carbocycles.